The van der Waals surface area contributed by atoms with E-state index in [1.165, 1.54) is 56.7 Å². The number of carbonyl (C=O) groups is 1. The summed E-state index contributed by atoms with van der Waals surface area (Å²) in [5, 5.41) is 0. The van der Waals surface area contributed by atoms with Crippen molar-refractivity contribution < 1.29 is 18.3 Å². The van der Waals surface area contributed by atoms with Gasteiger partial charge in [0.1, 0.15) is 18.2 Å². The Labute approximate surface area is 181 Å². The number of hydrogen-bond donors (Lipinski definition) is 0. The van der Waals surface area contributed by atoms with Gasteiger partial charge < -0.3 is 4.74 Å². The highest BCUT2D eigenvalue weighted by atomic mass is 32.2. The van der Waals surface area contributed by atoms with Gasteiger partial charge in [0.15, 0.2) is 0 Å². The highest BCUT2D eigenvalue weighted by Gasteiger charge is 2.31. The molecule has 2 nitrogen and oxygen atoms in total. The lowest BCUT2D eigenvalue weighted by Gasteiger charge is -2.36. The van der Waals surface area contributed by atoms with E-state index in [-0.39, 0.29) is 12.2 Å². The van der Waals surface area contributed by atoms with Crippen LogP contribution in [-0.4, -0.2) is 17.5 Å². The predicted octanol–water partition coefficient (Wildman–Crippen LogP) is 6.94. The van der Waals surface area contributed by atoms with Gasteiger partial charge in [0.05, 0.1) is 15.4 Å². The summed E-state index contributed by atoms with van der Waals surface area (Å²) in [6, 6.07) is 3.63. The molecule has 0 radical (unpaired) electrons. The van der Waals surface area contributed by atoms with Crippen molar-refractivity contribution in [3.05, 3.63) is 45.2 Å². The first-order valence-electron chi connectivity index (χ1n) is 10.6. The third-order valence-electron chi connectivity index (χ3n) is 6.13. The highest BCUT2D eigenvalue weighted by Crippen LogP contribution is 2.45. The molecule has 0 aromatic heterocycles. The van der Waals surface area contributed by atoms with E-state index in [0.29, 0.717) is 11.5 Å². The maximum Gasteiger partial charge on any atom is 0.335 e. The molecule has 1 saturated heterocycles. The van der Waals surface area contributed by atoms with Crippen LogP contribution in [0.1, 0.15) is 57.9 Å². The number of rotatable bonds is 6. The summed E-state index contributed by atoms with van der Waals surface area (Å²) < 4.78 is 33.5. The van der Waals surface area contributed by atoms with Gasteiger partial charge in [-0.1, -0.05) is 38.7 Å². The van der Waals surface area contributed by atoms with Crippen LogP contribution in [0.4, 0.5) is 8.78 Å². The zero-order valence-corrected chi connectivity index (χ0v) is 18.8. The summed E-state index contributed by atoms with van der Waals surface area (Å²) in [7, 11) is 0. The Morgan fingerprint density at radius 3 is 2.28 bits per heavy atom. The second-order valence-electron chi connectivity index (χ2n) is 8.14. The van der Waals surface area contributed by atoms with E-state index in [1.54, 1.807) is 30.4 Å². The van der Waals surface area contributed by atoms with Crippen molar-refractivity contribution in [2.75, 3.05) is 11.5 Å². The molecule has 29 heavy (non-hydrogen) atoms. The first kappa shape index (κ1) is 22.7. The van der Waals surface area contributed by atoms with Crippen molar-refractivity contribution >= 4 is 29.5 Å². The number of thioether (sulfide) groups is 2. The van der Waals surface area contributed by atoms with Gasteiger partial charge in [0.2, 0.25) is 0 Å². The molecule has 0 N–H and O–H groups in total. The van der Waals surface area contributed by atoms with Crippen molar-refractivity contribution in [1.82, 2.24) is 0 Å². The quantitative estimate of drug-likeness (QED) is 0.353. The van der Waals surface area contributed by atoms with Crippen LogP contribution in [0, 0.1) is 29.4 Å². The molecule has 1 aromatic carbocycles. The Bertz CT molecular complexity index is 712. The van der Waals surface area contributed by atoms with Crippen LogP contribution in [0.3, 0.4) is 0 Å². The fourth-order valence-electron chi connectivity index (χ4n) is 4.30. The standard InChI is InChI=1S/C23H30F2O2S2/c1-3-5-16-8-10-17(11-9-16)18-13-28-23(29-14-18)15(2)22(26)27-12-19-20(24)6-4-7-21(19)25/h4,6-7,16-18H,3,5,8-14H2,1-2H3. The fraction of sp³-hybridized carbons (Fsp3) is 0.609. The number of halogens is 2. The Hall–Kier alpha value is -1.01. The first-order valence-corrected chi connectivity index (χ1v) is 12.5. The van der Waals surface area contributed by atoms with E-state index in [0.717, 1.165) is 27.6 Å². The zero-order valence-electron chi connectivity index (χ0n) is 17.2. The molecule has 1 aliphatic heterocycles. The third kappa shape index (κ3) is 6.00. The lowest BCUT2D eigenvalue weighted by Crippen LogP contribution is -2.27. The molecular formula is C23H30F2O2S2. The van der Waals surface area contributed by atoms with Crippen LogP contribution < -0.4 is 0 Å². The second-order valence-corrected chi connectivity index (χ2v) is 10.5. The van der Waals surface area contributed by atoms with E-state index in [4.69, 9.17) is 4.74 Å². The first-order chi connectivity index (χ1) is 14.0. The number of ether oxygens (including phenoxy) is 1. The van der Waals surface area contributed by atoms with Gasteiger partial charge in [-0.25, -0.2) is 13.6 Å². The zero-order chi connectivity index (χ0) is 20.8. The van der Waals surface area contributed by atoms with Crippen LogP contribution in [0.2, 0.25) is 0 Å². The summed E-state index contributed by atoms with van der Waals surface area (Å²) in [5.41, 5.74) is 0.336. The SMILES string of the molecule is CCCC1CCC(C2CSC(=C(C)C(=O)OCc3c(F)cccc3F)SC2)CC1. The Morgan fingerprint density at radius 1 is 1.07 bits per heavy atom. The smallest absolute Gasteiger partial charge is 0.335 e. The molecule has 3 rings (SSSR count). The third-order valence-corrected chi connectivity index (χ3v) is 9.17. The molecule has 0 unspecified atom stereocenters. The number of hydrogen-bond acceptors (Lipinski definition) is 4. The minimum absolute atomic E-state index is 0.207. The number of carbonyl (C=O) groups excluding carboxylic acids is 1. The van der Waals surface area contributed by atoms with Crippen LogP contribution in [0.25, 0.3) is 0 Å². The maximum atomic E-state index is 13.7. The van der Waals surface area contributed by atoms with Crippen molar-refractivity contribution in [2.45, 2.75) is 59.0 Å². The lowest BCUT2D eigenvalue weighted by atomic mass is 9.75. The van der Waals surface area contributed by atoms with Gasteiger partial charge >= 0.3 is 5.97 Å². The summed E-state index contributed by atoms with van der Waals surface area (Å²) in [6.45, 7) is 3.63. The molecule has 0 bridgehead atoms. The van der Waals surface area contributed by atoms with Crippen LogP contribution in [-0.2, 0) is 16.1 Å². The molecule has 160 valence electrons. The minimum Gasteiger partial charge on any atom is -0.457 e. The lowest BCUT2D eigenvalue weighted by molar-refractivity contribution is -0.140. The molecule has 0 spiro atoms. The van der Waals surface area contributed by atoms with E-state index in [1.807, 2.05) is 0 Å². The highest BCUT2D eigenvalue weighted by molar-refractivity contribution is 8.22. The Morgan fingerprint density at radius 2 is 1.69 bits per heavy atom. The van der Waals surface area contributed by atoms with E-state index >= 15 is 0 Å². The predicted molar refractivity (Wildman–Crippen MR) is 118 cm³/mol. The monoisotopic (exact) mass is 440 g/mol. The molecule has 2 aliphatic rings. The van der Waals surface area contributed by atoms with Gasteiger partial charge in [-0.05, 0) is 49.7 Å². The van der Waals surface area contributed by atoms with Gasteiger partial charge in [0.25, 0.3) is 0 Å². The summed E-state index contributed by atoms with van der Waals surface area (Å²) >= 11 is 3.47. The topological polar surface area (TPSA) is 26.3 Å². The van der Waals surface area contributed by atoms with E-state index in [9.17, 15) is 13.6 Å². The molecule has 2 fully saturated rings. The number of benzene rings is 1. The average Bonchev–Trinajstić information content (AvgIpc) is 2.73. The van der Waals surface area contributed by atoms with Crippen LogP contribution >= 0.6 is 23.5 Å². The van der Waals surface area contributed by atoms with Gasteiger partial charge in [-0.3, -0.25) is 0 Å². The van der Waals surface area contributed by atoms with Crippen LogP contribution in [0.15, 0.2) is 28.0 Å². The molecule has 1 aromatic rings. The maximum absolute atomic E-state index is 13.7. The van der Waals surface area contributed by atoms with Crippen molar-refractivity contribution in [2.24, 2.45) is 17.8 Å². The molecule has 1 saturated carbocycles. The van der Waals surface area contributed by atoms with Gasteiger partial charge in [-0.2, -0.15) is 0 Å². The van der Waals surface area contributed by atoms with Crippen molar-refractivity contribution in [3.63, 3.8) is 0 Å². The molecule has 6 heteroatoms. The normalized spacial score (nSPS) is 25.0. The number of esters is 1. The summed E-state index contributed by atoms with van der Waals surface area (Å²) in [6.07, 6.45) is 8.06. The Kier molecular flexibility index (Phi) is 8.48. The summed E-state index contributed by atoms with van der Waals surface area (Å²) in [5.74, 6) is 2.62. The van der Waals surface area contributed by atoms with Crippen molar-refractivity contribution in [3.8, 4) is 0 Å². The Balaban J connectivity index is 1.49. The van der Waals surface area contributed by atoms with Gasteiger partial charge in [0, 0.05) is 11.5 Å². The van der Waals surface area contributed by atoms with E-state index in [2.05, 4.69) is 6.92 Å². The molecule has 0 atom stereocenters. The van der Waals surface area contributed by atoms with Crippen LogP contribution in [0.5, 0.6) is 0 Å². The van der Waals surface area contributed by atoms with Crippen molar-refractivity contribution in [1.29, 1.82) is 0 Å². The van der Waals surface area contributed by atoms with Gasteiger partial charge in [-0.15, -0.1) is 23.5 Å². The average molecular weight is 441 g/mol. The fourth-order valence-corrected chi connectivity index (χ4v) is 7.30. The van der Waals surface area contributed by atoms with E-state index < -0.39 is 17.6 Å². The second kappa shape index (κ2) is 10.9. The molecule has 0 amide bonds. The minimum atomic E-state index is -0.693. The summed E-state index contributed by atoms with van der Waals surface area (Å²) in [4.78, 5) is 12.4. The molecular weight excluding hydrogens is 410 g/mol. The molecule has 1 heterocycles. The largest absolute Gasteiger partial charge is 0.457 e. The molecule has 1 aliphatic carbocycles.